The summed E-state index contributed by atoms with van der Waals surface area (Å²) in [5.74, 6) is -0.0502. The summed E-state index contributed by atoms with van der Waals surface area (Å²) in [7, 11) is 0.122. The zero-order chi connectivity index (χ0) is 15.9. The first-order chi connectivity index (χ1) is 9.90. The van der Waals surface area contributed by atoms with E-state index in [1.807, 2.05) is 18.9 Å². The summed E-state index contributed by atoms with van der Waals surface area (Å²) in [6.45, 7) is 2.55. The van der Waals surface area contributed by atoms with Crippen LogP contribution in [0.2, 0.25) is 0 Å². The van der Waals surface area contributed by atoms with E-state index in [0.717, 1.165) is 5.69 Å². The van der Waals surface area contributed by atoms with Crippen LogP contribution in [-0.2, 0) is 19.4 Å². The van der Waals surface area contributed by atoms with Crippen molar-refractivity contribution in [2.24, 2.45) is 0 Å². The van der Waals surface area contributed by atoms with Crippen LogP contribution in [0.4, 0.5) is 5.69 Å². The third-order valence-electron chi connectivity index (χ3n) is 3.21. The van der Waals surface area contributed by atoms with Crippen molar-refractivity contribution in [2.75, 3.05) is 31.4 Å². The second kappa shape index (κ2) is 8.02. The van der Waals surface area contributed by atoms with Crippen molar-refractivity contribution in [3.05, 3.63) is 24.3 Å². The number of benzene rings is 1. The maximum Gasteiger partial charge on any atom is 0.305 e. The van der Waals surface area contributed by atoms with E-state index in [9.17, 15) is 13.2 Å². The zero-order valence-electron chi connectivity index (χ0n) is 12.8. The molecule has 0 atom stereocenters. The minimum atomic E-state index is -3.16. The summed E-state index contributed by atoms with van der Waals surface area (Å²) in [5, 5.41) is 0. The van der Waals surface area contributed by atoms with E-state index in [4.69, 9.17) is 0 Å². The maximum absolute atomic E-state index is 11.9. The monoisotopic (exact) mass is 313 g/mol. The lowest BCUT2D eigenvalue weighted by atomic mass is 10.2. The van der Waals surface area contributed by atoms with Crippen molar-refractivity contribution in [3.63, 3.8) is 0 Å². The Kier molecular flexibility index (Phi) is 6.68. The highest BCUT2D eigenvalue weighted by Crippen LogP contribution is 2.18. The van der Waals surface area contributed by atoms with E-state index in [1.54, 1.807) is 24.3 Å². The lowest BCUT2D eigenvalue weighted by molar-refractivity contribution is -0.140. The number of methoxy groups -OCH3 is 1. The third-order valence-corrected chi connectivity index (χ3v) is 5.15. The van der Waals surface area contributed by atoms with Gasteiger partial charge in [-0.25, -0.2) is 8.42 Å². The Morgan fingerprint density at radius 3 is 2.38 bits per heavy atom. The smallest absolute Gasteiger partial charge is 0.305 e. The van der Waals surface area contributed by atoms with Gasteiger partial charge in [0.05, 0.1) is 17.8 Å². The second-order valence-corrected chi connectivity index (χ2v) is 7.02. The van der Waals surface area contributed by atoms with Crippen LogP contribution in [0.15, 0.2) is 29.2 Å². The molecule has 1 aromatic rings. The fourth-order valence-corrected chi connectivity index (χ4v) is 3.31. The molecule has 6 heteroatoms. The van der Waals surface area contributed by atoms with Crippen molar-refractivity contribution in [1.82, 2.24) is 0 Å². The number of hydrogen-bond donors (Lipinski definition) is 0. The molecule has 0 saturated carbocycles. The average molecular weight is 313 g/mol. The van der Waals surface area contributed by atoms with Crippen molar-refractivity contribution in [1.29, 1.82) is 0 Å². The quantitative estimate of drug-likeness (QED) is 0.689. The normalized spacial score (nSPS) is 11.2. The topological polar surface area (TPSA) is 63.7 Å². The number of ether oxygens (including phenoxy) is 1. The molecule has 0 aliphatic carbocycles. The molecule has 118 valence electrons. The number of sulfone groups is 1. The van der Waals surface area contributed by atoms with Crippen molar-refractivity contribution in [3.8, 4) is 0 Å². The van der Waals surface area contributed by atoms with E-state index >= 15 is 0 Å². The summed E-state index contributed by atoms with van der Waals surface area (Å²) in [6, 6.07) is 6.86. The van der Waals surface area contributed by atoms with Gasteiger partial charge < -0.3 is 9.64 Å². The van der Waals surface area contributed by atoms with Crippen molar-refractivity contribution >= 4 is 21.5 Å². The molecule has 0 aliphatic heterocycles. The first kappa shape index (κ1) is 17.5. The molecule has 0 N–H and O–H groups in total. The summed E-state index contributed by atoms with van der Waals surface area (Å²) in [6.07, 6.45) is 1.68. The van der Waals surface area contributed by atoms with Crippen LogP contribution in [-0.4, -0.2) is 40.8 Å². The number of hydrogen-bond acceptors (Lipinski definition) is 5. The molecule has 0 aliphatic rings. The molecule has 1 aromatic carbocycles. The molecular weight excluding hydrogens is 290 g/mol. The maximum atomic E-state index is 11.9. The van der Waals surface area contributed by atoms with Gasteiger partial charge in [0.15, 0.2) is 9.84 Å². The molecule has 5 nitrogen and oxygen atoms in total. The predicted molar refractivity (Wildman–Crippen MR) is 83.3 cm³/mol. The lowest BCUT2D eigenvalue weighted by Gasteiger charge is -2.19. The van der Waals surface area contributed by atoms with Crippen LogP contribution in [0.5, 0.6) is 0 Å². The van der Waals surface area contributed by atoms with Gasteiger partial charge in [-0.3, -0.25) is 4.79 Å². The molecule has 0 amide bonds. The van der Waals surface area contributed by atoms with E-state index in [1.165, 1.54) is 7.11 Å². The van der Waals surface area contributed by atoms with Crippen LogP contribution in [0.25, 0.3) is 0 Å². The number of carbonyl (C=O) groups excluding carboxylic acids is 1. The number of carbonyl (C=O) groups is 1. The number of nitrogens with zero attached hydrogens (tertiary/aromatic N) is 1. The second-order valence-electron chi connectivity index (χ2n) is 4.91. The Hall–Kier alpha value is -1.56. The Bertz CT molecular complexity index is 552. The highest BCUT2D eigenvalue weighted by Gasteiger charge is 2.13. The third kappa shape index (κ3) is 5.38. The summed E-state index contributed by atoms with van der Waals surface area (Å²) < 4.78 is 28.4. The number of esters is 1. The molecule has 0 fully saturated rings. The minimum absolute atomic E-state index is 0.168. The molecule has 0 unspecified atom stereocenters. The Labute approximate surface area is 126 Å². The van der Waals surface area contributed by atoms with E-state index in [-0.39, 0.29) is 11.7 Å². The summed E-state index contributed by atoms with van der Waals surface area (Å²) >= 11 is 0. The molecule has 0 radical (unpaired) electrons. The van der Waals surface area contributed by atoms with E-state index in [2.05, 4.69) is 4.74 Å². The van der Waals surface area contributed by atoms with Gasteiger partial charge in [-0.05, 0) is 37.1 Å². The zero-order valence-corrected chi connectivity index (χ0v) is 13.6. The van der Waals surface area contributed by atoms with Gasteiger partial charge >= 0.3 is 5.97 Å². The van der Waals surface area contributed by atoms with Gasteiger partial charge in [-0.1, -0.05) is 6.92 Å². The van der Waals surface area contributed by atoms with Crippen LogP contribution in [0, 0.1) is 0 Å². The van der Waals surface area contributed by atoms with Crippen LogP contribution >= 0.6 is 0 Å². The van der Waals surface area contributed by atoms with Gasteiger partial charge in [0, 0.05) is 25.7 Å². The largest absolute Gasteiger partial charge is 0.469 e. The van der Waals surface area contributed by atoms with E-state index < -0.39 is 9.84 Å². The van der Waals surface area contributed by atoms with Crippen LogP contribution < -0.4 is 4.90 Å². The molecular formula is C15H23NO4S. The minimum Gasteiger partial charge on any atom is -0.469 e. The summed E-state index contributed by atoms with van der Waals surface area (Å²) in [4.78, 5) is 13.4. The lowest BCUT2D eigenvalue weighted by Crippen LogP contribution is -2.19. The van der Waals surface area contributed by atoms with Crippen molar-refractivity contribution < 1.29 is 17.9 Å². The molecule has 0 heterocycles. The van der Waals surface area contributed by atoms with Gasteiger partial charge in [-0.15, -0.1) is 0 Å². The van der Waals surface area contributed by atoms with Crippen molar-refractivity contribution in [2.45, 2.75) is 31.1 Å². The molecule has 0 saturated heterocycles. The Morgan fingerprint density at radius 1 is 1.24 bits per heavy atom. The average Bonchev–Trinajstić information content (AvgIpc) is 2.47. The SMILES string of the molecule is CCCS(=O)(=O)c1ccc(N(C)CCCC(=O)OC)cc1. The standard InChI is InChI=1S/C15H23NO4S/c1-4-12-21(18,19)14-9-7-13(8-10-14)16(2)11-5-6-15(17)20-3/h7-10H,4-6,11-12H2,1-3H3. The van der Waals surface area contributed by atoms with Gasteiger partial charge in [0.1, 0.15) is 0 Å². The van der Waals surface area contributed by atoms with Crippen LogP contribution in [0.1, 0.15) is 26.2 Å². The van der Waals surface area contributed by atoms with Gasteiger partial charge in [-0.2, -0.15) is 0 Å². The van der Waals surface area contributed by atoms with Gasteiger partial charge in [0.25, 0.3) is 0 Å². The highest BCUT2D eigenvalue weighted by molar-refractivity contribution is 7.91. The highest BCUT2D eigenvalue weighted by atomic mass is 32.2. The first-order valence-corrected chi connectivity index (χ1v) is 8.66. The molecule has 0 spiro atoms. The van der Waals surface area contributed by atoms with E-state index in [0.29, 0.717) is 30.7 Å². The fraction of sp³-hybridized carbons (Fsp3) is 0.533. The molecule has 21 heavy (non-hydrogen) atoms. The molecule has 0 bridgehead atoms. The first-order valence-electron chi connectivity index (χ1n) is 7.01. The number of rotatable bonds is 8. The molecule has 1 rings (SSSR count). The Morgan fingerprint density at radius 2 is 1.86 bits per heavy atom. The predicted octanol–water partition coefficient (Wildman–Crippen LogP) is 2.26. The fourth-order valence-electron chi connectivity index (χ4n) is 1.99. The number of anilines is 1. The van der Waals surface area contributed by atoms with Gasteiger partial charge in [0.2, 0.25) is 0 Å². The van der Waals surface area contributed by atoms with Crippen LogP contribution in [0.3, 0.4) is 0 Å². The summed E-state index contributed by atoms with van der Waals surface area (Å²) in [5.41, 5.74) is 0.926. The Balaban J connectivity index is 2.63. The molecule has 0 aromatic heterocycles.